The molecule has 0 unspecified atom stereocenters. The van der Waals surface area contributed by atoms with Crippen LogP contribution >= 0.6 is 27.7 Å². The lowest BCUT2D eigenvalue weighted by atomic mass is 10.2. The number of hydrogen-bond donors (Lipinski definition) is 0. The Morgan fingerprint density at radius 1 is 0.957 bits per heavy atom. The molecule has 0 aromatic heterocycles. The van der Waals surface area contributed by atoms with Gasteiger partial charge in [0.2, 0.25) is 0 Å². The minimum atomic E-state index is -0.301. The molecule has 23 heavy (non-hydrogen) atoms. The Labute approximate surface area is 146 Å². The van der Waals surface area contributed by atoms with Gasteiger partial charge in [0.15, 0.2) is 0 Å². The van der Waals surface area contributed by atoms with E-state index in [0.717, 1.165) is 21.8 Å². The van der Waals surface area contributed by atoms with Crippen molar-refractivity contribution in [3.63, 3.8) is 0 Å². The summed E-state index contributed by atoms with van der Waals surface area (Å²) in [5.74, 6) is -0.301. The third-order valence-electron chi connectivity index (χ3n) is 3.18. The molecular weight excluding hydrogens is 374 g/mol. The molecule has 3 nitrogen and oxygen atoms in total. The number of carbonyl (C=O) groups excluding carboxylic acids is 2. The summed E-state index contributed by atoms with van der Waals surface area (Å²) in [4.78, 5) is 26.2. The first-order chi connectivity index (χ1) is 11.1. The number of benzene rings is 2. The number of rotatable bonds is 3. The highest BCUT2D eigenvalue weighted by molar-refractivity contribution is 9.12. The molecule has 0 N–H and O–H groups in total. The van der Waals surface area contributed by atoms with E-state index < -0.39 is 0 Å². The highest BCUT2D eigenvalue weighted by Crippen LogP contribution is 2.35. The Bertz CT molecular complexity index is 800. The number of anilines is 1. The van der Waals surface area contributed by atoms with Gasteiger partial charge in [0, 0.05) is 4.48 Å². The third-order valence-corrected chi connectivity index (χ3v) is 4.51. The Morgan fingerprint density at radius 2 is 1.57 bits per heavy atom. The lowest BCUT2D eigenvalue weighted by Crippen LogP contribution is -2.27. The Balaban J connectivity index is 1.86. The zero-order valence-corrected chi connectivity index (χ0v) is 14.4. The number of thioether (sulfide) groups is 1. The highest BCUT2D eigenvalue weighted by Gasteiger charge is 2.36. The minimum absolute atomic E-state index is 0.285. The number of hydrogen-bond acceptors (Lipinski definition) is 3. The number of allylic oxidation sites excluding steroid dienone is 2. The predicted molar refractivity (Wildman–Crippen MR) is 98.3 cm³/mol. The average Bonchev–Trinajstić information content (AvgIpc) is 2.83. The minimum Gasteiger partial charge on any atom is -0.268 e. The molecule has 0 radical (unpaired) electrons. The van der Waals surface area contributed by atoms with E-state index in [0.29, 0.717) is 10.6 Å². The molecule has 1 aliphatic heterocycles. The fourth-order valence-electron chi connectivity index (χ4n) is 2.14. The van der Waals surface area contributed by atoms with Crippen LogP contribution in [0, 0.1) is 0 Å². The van der Waals surface area contributed by atoms with E-state index in [1.807, 2.05) is 42.5 Å². The summed E-state index contributed by atoms with van der Waals surface area (Å²) in [5.41, 5.74) is 1.60. The molecule has 0 atom stereocenters. The maximum Gasteiger partial charge on any atom is 0.298 e. The summed E-state index contributed by atoms with van der Waals surface area (Å²) in [6.45, 7) is 0. The first kappa shape index (κ1) is 15.8. The van der Waals surface area contributed by atoms with Gasteiger partial charge in [-0.1, -0.05) is 64.5 Å². The molecule has 0 bridgehead atoms. The first-order valence-corrected chi connectivity index (χ1v) is 8.51. The van der Waals surface area contributed by atoms with Crippen LogP contribution in [0.4, 0.5) is 10.5 Å². The van der Waals surface area contributed by atoms with Crippen molar-refractivity contribution in [3.8, 4) is 0 Å². The maximum atomic E-state index is 12.5. The van der Waals surface area contributed by atoms with Gasteiger partial charge in [-0.3, -0.25) is 9.59 Å². The number of amides is 2. The van der Waals surface area contributed by atoms with Gasteiger partial charge in [-0.15, -0.1) is 0 Å². The van der Waals surface area contributed by atoms with E-state index in [4.69, 9.17) is 0 Å². The SMILES string of the molecule is O=C1S/C(=C/C(Br)=C/c2ccccc2)C(=O)N1c1ccccc1. The molecule has 114 valence electrons. The second-order valence-electron chi connectivity index (χ2n) is 4.79. The third kappa shape index (κ3) is 3.63. The fraction of sp³-hybridized carbons (Fsp3) is 0. The van der Waals surface area contributed by atoms with Crippen LogP contribution in [0.2, 0.25) is 0 Å². The van der Waals surface area contributed by atoms with Gasteiger partial charge in [-0.25, -0.2) is 4.90 Å². The van der Waals surface area contributed by atoms with Gasteiger partial charge in [-0.05, 0) is 41.6 Å². The molecule has 1 saturated heterocycles. The van der Waals surface area contributed by atoms with Gasteiger partial charge in [-0.2, -0.15) is 0 Å². The summed E-state index contributed by atoms with van der Waals surface area (Å²) in [7, 11) is 0. The molecule has 3 rings (SSSR count). The largest absolute Gasteiger partial charge is 0.298 e. The van der Waals surface area contributed by atoms with E-state index in [9.17, 15) is 9.59 Å². The number of nitrogens with zero attached hydrogens (tertiary/aromatic N) is 1. The molecule has 0 saturated carbocycles. The van der Waals surface area contributed by atoms with Crippen molar-refractivity contribution in [3.05, 3.63) is 81.7 Å². The van der Waals surface area contributed by atoms with Gasteiger partial charge < -0.3 is 0 Å². The van der Waals surface area contributed by atoms with Gasteiger partial charge in [0.25, 0.3) is 11.1 Å². The van der Waals surface area contributed by atoms with E-state index in [1.54, 1.807) is 30.3 Å². The lowest BCUT2D eigenvalue weighted by molar-refractivity contribution is -0.113. The summed E-state index contributed by atoms with van der Waals surface area (Å²) < 4.78 is 0.738. The average molecular weight is 386 g/mol. The zero-order valence-electron chi connectivity index (χ0n) is 12.0. The van der Waals surface area contributed by atoms with Crippen LogP contribution in [0.3, 0.4) is 0 Å². The quantitative estimate of drug-likeness (QED) is 0.680. The normalized spacial score (nSPS) is 17.2. The van der Waals surface area contributed by atoms with Crippen LogP contribution < -0.4 is 4.90 Å². The smallest absolute Gasteiger partial charge is 0.268 e. The Morgan fingerprint density at radius 3 is 2.22 bits per heavy atom. The zero-order chi connectivity index (χ0) is 16.2. The molecule has 2 aromatic carbocycles. The highest BCUT2D eigenvalue weighted by atomic mass is 79.9. The number of para-hydroxylation sites is 1. The van der Waals surface area contributed by atoms with Crippen LogP contribution in [0.25, 0.3) is 6.08 Å². The van der Waals surface area contributed by atoms with E-state index >= 15 is 0 Å². The molecule has 5 heteroatoms. The molecule has 0 spiro atoms. The first-order valence-electron chi connectivity index (χ1n) is 6.90. The van der Waals surface area contributed by atoms with Crippen molar-refractivity contribution < 1.29 is 9.59 Å². The van der Waals surface area contributed by atoms with Crippen molar-refractivity contribution in [2.75, 3.05) is 4.90 Å². The summed E-state index contributed by atoms with van der Waals surface area (Å²) >= 11 is 4.38. The lowest BCUT2D eigenvalue weighted by Gasteiger charge is -2.11. The number of halogens is 1. The van der Waals surface area contributed by atoms with E-state index in [-0.39, 0.29) is 11.1 Å². The molecule has 1 aliphatic rings. The Hall–Kier alpha value is -2.11. The van der Waals surface area contributed by atoms with Crippen LogP contribution in [-0.2, 0) is 4.79 Å². The van der Waals surface area contributed by atoms with Crippen molar-refractivity contribution >= 4 is 50.6 Å². The summed E-state index contributed by atoms with van der Waals surface area (Å²) in [6, 6.07) is 18.7. The second-order valence-corrected chi connectivity index (χ2v) is 6.70. The predicted octanol–water partition coefficient (Wildman–Crippen LogP) is 5.21. The number of carbonyl (C=O) groups is 2. The fourth-order valence-corrected chi connectivity index (χ4v) is 3.62. The molecule has 2 aromatic rings. The van der Waals surface area contributed by atoms with Crippen molar-refractivity contribution in [1.29, 1.82) is 0 Å². The van der Waals surface area contributed by atoms with E-state index in [2.05, 4.69) is 15.9 Å². The molecule has 1 fully saturated rings. The monoisotopic (exact) mass is 385 g/mol. The topological polar surface area (TPSA) is 37.4 Å². The van der Waals surface area contributed by atoms with Gasteiger partial charge >= 0.3 is 0 Å². The van der Waals surface area contributed by atoms with Gasteiger partial charge in [0.05, 0.1) is 10.6 Å². The van der Waals surface area contributed by atoms with Crippen LogP contribution in [0.5, 0.6) is 0 Å². The van der Waals surface area contributed by atoms with Crippen LogP contribution in [0.15, 0.2) is 76.1 Å². The summed E-state index contributed by atoms with van der Waals surface area (Å²) in [5, 5.41) is -0.285. The van der Waals surface area contributed by atoms with Crippen LogP contribution in [-0.4, -0.2) is 11.1 Å². The Kier molecular flexibility index (Phi) is 4.79. The second kappa shape index (κ2) is 6.98. The molecule has 2 amide bonds. The summed E-state index contributed by atoms with van der Waals surface area (Å²) in [6.07, 6.45) is 3.58. The molecular formula is C18H12BrNO2S. The van der Waals surface area contributed by atoms with Crippen LogP contribution in [0.1, 0.15) is 5.56 Å². The number of imide groups is 1. The van der Waals surface area contributed by atoms with Gasteiger partial charge in [0.1, 0.15) is 0 Å². The van der Waals surface area contributed by atoms with Crippen molar-refractivity contribution in [1.82, 2.24) is 0 Å². The maximum absolute atomic E-state index is 12.5. The molecule has 0 aliphatic carbocycles. The van der Waals surface area contributed by atoms with Crippen molar-refractivity contribution in [2.45, 2.75) is 0 Å². The van der Waals surface area contributed by atoms with Crippen molar-refractivity contribution in [2.24, 2.45) is 0 Å². The molecule has 1 heterocycles. The van der Waals surface area contributed by atoms with E-state index in [1.165, 1.54) is 4.90 Å². The standard InChI is InChI=1S/C18H12BrNO2S/c19-14(11-13-7-3-1-4-8-13)12-16-17(21)20(18(22)23-16)15-9-5-2-6-10-15/h1-12H/b14-11-,16-12+.